The Morgan fingerprint density at radius 3 is 2.50 bits per heavy atom. The van der Waals surface area contributed by atoms with Gasteiger partial charge < -0.3 is 10.1 Å². The van der Waals surface area contributed by atoms with Crippen molar-refractivity contribution in [3.05, 3.63) is 64.7 Å². The van der Waals surface area contributed by atoms with Crippen LogP contribution in [-0.2, 0) is 31.5 Å². The average molecular weight is 446 g/mol. The SMILES string of the molecule is O=C(Nc1cccc(CS(=O)C2CCOCC2)c1)C1(c2ccc(Cl)cc2)CCCC1. The second-order valence-electron chi connectivity index (χ2n) is 8.29. The van der Waals surface area contributed by atoms with Crippen LogP contribution < -0.4 is 5.32 Å². The molecule has 2 fully saturated rings. The fraction of sp³-hybridized carbons (Fsp3) is 0.458. The molecule has 1 aliphatic carbocycles. The number of benzene rings is 2. The van der Waals surface area contributed by atoms with Gasteiger partial charge in [0.25, 0.3) is 0 Å². The molecular weight excluding hydrogens is 418 g/mol. The maximum atomic E-state index is 13.4. The van der Waals surface area contributed by atoms with Gasteiger partial charge in [0.1, 0.15) is 0 Å². The minimum Gasteiger partial charge on any atom is -0.381 e. The first-order valence-electron chi connectivity index (χ1n) is 10.7. The third kappa shape index (κ3) is 4.79. The molecular formula is C24H28ClNO3S. The maximum absolute atomic E-state index is 13.4. The summed E-state index contributed by atoms with van der Waals surface area (Å²) in [6.45, 7) is 1.39. The molecule has 160 valence electrons. The van der Waals surface area contributed by atoms with Crippen LogP contribution in [0.2, 0.25) is 5.02 Å². The number of nitrogens with one attached hydrogen (secondary N) is 1. The van der Waals surface area contributed by atoms with Gasteiger partial charge in [0.05, 0.1) is 5.41 Å². The molecule has 0 radical (unpaired) electrons. The molecule has 1 atom stereocenters. The normalized spacial score (nSPS) is 20.0. The number of carbonyl (C=O) groups is 1. The van der Waals surface area contributed by atoms with E-state index in [1.807, 2.05) is 48.5 Å². The highest BCUT2D eigenvalue weighted by Gasteiger charge is 2.42. The van der Waals surface area contributed by atoms with Crippen LogP contribution in [0.3, 0.4) is 0 Å². The molecule has 4 rings (SSSR count). The number of amides is 1. The zero-order chi connectivity index (χ0) is 21.0. The molecule has 1 unspecified atom stereocenters. The Morgan fingerprint density at radius 1 is 1.10 bits per heavy atom. The number of carbonyl (C=O) groups excluding carboxylic acids is 1. The van der Waals surface area contributed by atoms with Crippen molar-refractivity contribution in [3.8, 4) is 0 Å². The number of hydrogen-bond acceptors (Lipinski definition) is 3. The summed E-state index contributed by atoms with van der Waals surface area (Å²) in [4.78, 5) is 13.4. The Kier molecular flexibility index (Phi) is 6.91. The smallest absolute Gasteiger partial charge is 0.235 e. The number of halogens is 1. The highest BCUT2D eigenvalue weighted by Crippen LogP contribution is 2.42. The Balaban J connectivity index is 1.48. The lowest BCUT2D eigenvalue weighted by molar-refractivity contribution is -0.121. The van der Waals surface area contributed by atoms with Crippen LogP contribution in [0, 0.1) is 0 Å². The molecule has 1 amide bonds. The van der Waals surface area contributed by atoms with E-state index in [2.05, 4.69) is 5.32 Å². The first kappa shape index (κ1) is 21.5. The molecule has 1 saturated heterocycles. The van der Waals surface area contributed by atoms with Crippen molar-refractivity contribution in [2.75, 3.05) is 18.5 Å². The molecule has 1 aliphatic heterocycles. The molecule has 0 bridgehead atoms. The summed E-state index contributed by atoms with van der Waals surface area (Å²) >= 11 is 6.06. The van der Waals surface area contributed by atoms with Crippen molar-refractivity contribution >= 4 is 34.0 Å². The van der Waals surface area contributed by atoms with Gasteiger partial charge in [0.2, 0.25) is 5.91 Å². The fourth-order valence-electron chi connectivity index (χ4n) is 4.60. The van der Waals surface area contributed by atoms with Crippen molar-refractivity contribution in [2.24, 2.45) is 0 Å². The van der Waals surface area contributed by atoms with E-state index in [1.54, 1.807) is 0 Å². The number of anilines is 1. The first-order chi connectivity index (χ1) is 14.6. The third-order valence-corrected chi connectivity index (χ3v) is 8.41. The van der Waals surface area contributed by atoms with Crippen LogP contribution in [0.25, 0.3) is 0 Å². The lowest BCUT2D eigenvalue weighted by Gasteiger charge is -2.28. The van der Waals surface area contributed by atoms with Gasteiger partial charge in [-0.25, -0.2) is 0 Å². The van der Waals surface area contributed by atoms with E-state index in [1.165, 1.54) is 0 Å². The monoisotopic (exact) mass is 445 g/mol. The minimum atomic E-state index is -0.926. The van der Waals surface area contributed by atoms with E-state index < -0.39 is 16.2 Å². The van der Waals surface area contributed by atoms with Gasteiger partial charge in [-0.1, -0.05) is 48.7 Å². The molecule has 4 nitrogen and oxygen atoms in total. The van der Waals surface area contributed by atoms with Gasteiger partial charge in [0.15, 0.2) is 0 Å². The van der Waals surface area contributed by atoms with Crippen LogP contribution in [0.15, 0.2) is 48.5 Å². The third-order valence-electron chi connectivity index (χ3n) is 6.32. The van der Waals surface area contributed by atoms with Gasteiger partial charge in [-0.15, -0.1) is 0 Å². The van der Waals surface area contributed by atoms with E-state index in [-0.39, 0.29) is 11.2 Å². The Hall–Kier alpha value is -1.69. The van der Waals surface area contributed by atoms with Crippen LogP contribution in [0.4, 0.5) is 5.69 Å². The largest absolute Gasteiger partial charge is 0.381 e. The summed E-state index contributed by atoms with van der Waals surface area (Å²) in [5, 5.41) is 4.02. The summed E-state index contributed by atoms with van der Waals surface area (Å²) in [5.41, 5.74) is 2.27. The van der Waals surface area contributed by atoms with Crippen molar-refractivity contribution < 1.29 is 13.7 Å². The molecule has 30 heavy (non-hydrogen) atoms. The molecule has 0 spiro atoms. The fourth-order valence-corrected chi connectivity index (χ4v) is 6.19. The molecule has 6 heteroatoms. The zero-order valence-corrected chi connectivity index (χ0v) is 18.6. The van der Waals surface area contributed by atoms with Gasteiger partial charge in [-0.05, 0) is 61.1 Å². The molecule has 1 N–H and O–H groups in total. The van der Waals surface area contributed by atoms with Gasteiger partial charge in [0, 0.05) is 45.7 Å². The molecule has 0 aromatic heterocycles. The zero-order valence-electron chi connectivity index (χ0n) is 17.1. The van der Waals surface area contributed by atoms with E-state index in [4.69, 9.17) is 16.3 Å². The number of rotatable bonds is 6. The van der Waals surface area contributed by atoms with Gasteiger partial charge in [-0.2, -0.15) is 0 Å². The van der Waals surface area contributed by atoms with E-state index in [0.29, 0.717) is 24.0 Å². The number of hydrogen-bond donors (Lipinski definition) is 1. The van der Waals surface area contributed by atoms with Crippen molar-refractivity contribution in [1.82, 2.24) is 0 Å². The van der Waals surface area contributed by atoms with Gasteiger partial charge >= 0.3 is 0 Å². The highest BCUT2D eigenvalue weighted by molar-refractivity contribution is 7.84. The van der Waals surface area contributed by atoms with Crippen molar-refractivity contribution in [1.29, 1.82) is 0 Å². The summed E-state index contributed by atoms with van der Waals surface area (Å²) in [7, 11) is -0.926. The standard InChI is InChI=1S/C24H28ClNO3S/c25-20-8-6-19(7-9-20)24(12-1-2-13-24)23(27)26-21-5-3-4-18(16-21)17-30(28)22-10-14-29-15-11-22/h3-9,16,22H,1-2,10-15,17H2,(H,26,27). The Labute approximate surface area is 185 Å². The second-order valence-corrected chi connectivity index (χ2v) is 10.4. The van der Waals surface area contributed by atoms with E-state index in [0.717, 1.165) is 55.3 Å². The lowest BCUT2D eigenvalue weighted by Crippen LogP contribution is -2.38. The predicted molar refractivity (Wildman–Crippen MR) is 122 cm³/mol. The van der Waals surface area contributed by atoms with Crippen LogP contribution in [0.5, 0.6) is 0 Å². The van der Waals surface area contributed by atoms with Gasteiger partial charge in [-0.3, -0.25) is 9.00 Å². The van der Waals surface area contributed by atoms with Crippen LogP contribution in [0.1, 0.15) is 49.7 Å². The lowest BCUT2D eigenvalue weighted by atomic mass is 9.78. The topological polar surface area (TPSA) is 55.4 Å². The van der Waals surface area contributed by atoms with Crippen LogP contribution in [-0.4, -0.2) is 28.6 Å². The minimum absolute atomic E-state index is 0.0324. The highest BCUT2D eigenvalue weighted by atomic mass is 35.5. The Morgan fingerprint density at radius 2 is 1.80 bits per heavy atom. The van der Waals surface area contributed by atoms with E-state index >= 15 is 0 Å². The summed E-state index contributed by atoms with van der Waals surface area (Å²) < 4.78 is 18.1. The molecule has 1 saturated carbocycles. The Bertz CT molecular complexity index is 903. The first-order valence-corrected chi connectivity index (χ1v) is 12.4. The van der Waals surface area contributed by atoms with E-state index in [9.17, 15) is 9.00 Å². The molecule has 2 aromatic rings. The maximum Gasteiger partial charge on any atom is 0.235 e. The molecule has 1 heterocycles. The number of ether oxygens (including phenoxy) is 1. The second kappa shape index (κ2) is 9.63. The van der Waals surface area contributed by atoms with Crippen molar-refractivity contribution in [3.63, 3.8) is 0 Å². The van der Waals surface area contributed by atoms with Crippen LogP contribution >= 0.6 is 11.6 Å². The molecule has 2 aliphatic rings. The summed E-state index contributed by atoms with van der Waals surface area (Å²) in [6.07, 6.45) is 5.47. The predicted octanol–water partition coefficient (Wildman–Crippen LogP) is 5.22. The summed E-state index contributed by atoms with van der Waals surface area (Å²) in [6, 6.07) is 15.4. The van der Waals surface area contributed by atoms with Crippen molar-refractivity contribution in [2.45, 2.75) is 54.9 Å². The average Bonchev–Trinajstić information content (AvgIpc) is 3.26. The quantitative estimate of drug-likeness (QED) is 0.663. The summed E-state index contributed by atoms with van der Waals surface area (Å²) in [5.74, 6) is 0.543. The molecule has 2 aromatic carbocycles.